The summed E-state index contributed by atoms with van der Waals surface area (Å²) in [6, 6.07) is 17.0. The molecular formula is C15H16BrN. The highest BCUT2D eigenvalue weighted by Gasteiger charge is 1.95. The molecule has 1 N–H and O–H groups in total. The molecule has 0 saturated heterocycles. The summed E-state index contributed by atoms with van der Waals surface area (Å²) in [4.78, 5) is 0. The third-order valence-electron chi connectivity index (χ3n) is 2.77. The molecule has 0 saturated carbocycles. The van der Waals surface area contributed by atoms with E-state index in [1.165, 1.54) is 16.8 Å². The van der Waals surface area contributed by atoms with Crippen LogP contribution in [0.15, 0.2) is 53.0 Å². The summed E-state index contributed by atoms with van der Waals surface area (Å²) in [5, 5.41) is 3.42. The van der Waals surface area contributed by atoms with E-state index in [-0.39, 0.29) is 0 Å². The fourth-order valence-electron chi connectivity index (χ4n) is 1.66. The molecule has 0 spiro atoms. The molecule has 0 amide bonds. The molecule has 0 aliphatic heterocycles. The number of benzene rings is 2. The molecular weight excluding hydrogens is 274 g/mol. The summed E-state index contributed by atoms with van der Waals surface area (Å²) >= 11 is 3.44. The number of hydrogen-bond acceptors (Lipinski definition) is 1. The number of rotatable bonds is 4. The number of nitrogens with one attached hydrogen (secondary N) is 1. The average Bonchev–Trinajstić information content (AvgIpc) is 2.39. The summed E-state index contributed by atoms with van der Waals surface area (Å²) < 4.78 is 1.12. The predicted octanol–water partition coefficient (Wildman–Crippen LogP) is 4.62. The van der Waals surface area contributed by atoms with Crippen molar-refractivity contribution in [1.82, 2.24) is 0 Å². The third-order valence-corrected chi connectivity index (χ3v) is 3.30. The molecule has 2 heteroatoms. The van der Waals surface area contributed by atoms with Gasteiger partial charge in [-0.1, -0.05) is 47.1 Å². The zero-order valence-electron chi connectivity index (χ0n) is 9.91. The number of aryl methyl sites for hydroxylation is 1. The molecule has 1 nitrogen and oxygen atoms in total. The van der Waals surface area contributed by atoms with E-state index in [9.17, 15) is 0 Å². The van der Waals surface area contributed by atoms with Gasteiger partial charge in [0, 0.05) is 16.7 Å². The molecule has 0 radical (unpaired) electrons. The van der Waals surface area contributed by atoms with E-state index in [0.29, 0.717) is 0 Å². The Balaban J connectivity index is 1.95. The number of hydrogen-bond donors (Lipinski definition) is 1. The van der Waals surface area contributed by atoms with Gasteiger partial charge in [0.05, 0.1) is 0 Å². The van der Waals surface area contributed by atoms with Crippen LogP contribution in [0.5, 0.6) is 0 Å². The highest BCUT2D eigenvalue weighted by Crippen LogP contribution is 2.14. The van der Waals surface area contributed by atoms with Crippen LogP contribution >= 0.6 is 15.9 Å². The van der Waals surface area contributed by atoms with Crippen LogP contribution in [0.3, 0.4) is 0 Å². The molecule has 2 rings (SSSR count). The van der Waals surface area contributed by atoms with E-state index >= 15 is 0 Å². The van der Waals surface area contributed by atoms with Crippen molar-refractivity contribution in [3.63, 3.8) is 0 Å². The van der Waals surface area contributed by atoms with Gasteiger partial charge in [-0.25, -0.2) is 0 Å². The maximum Gasteiger partial charge on any atom is 0.0400 e. The van der Waals surface area contributed by atoms with Gasteiger partial charge >= 0.3 is 0 Å². The van der Waals surface area contributed by atoms with Crippen LogP contribution in [0.4, 0.5) is 5.69 Å². The third kappa shape index (κ3) is 3.60. The minimum absolute atomic E-state index is 0.860. The molecule has 17 heavy (non-hydrogen) atoms. The quantitative estimate of drug-likeness (QED) is 0.866. The van der Waals surface area contributed by atoms with E-state index in [1.54, 1.807) is 0 Å². The smallest absolute Gasteiger partial charge is 0.0400 e. The van der Waals surface area contributed by atoms with E-state index in [1.807, 2.05) is 0 Å². The first-order chi connectivity index (χ1) is 8.28. The largest absolute Gasteiger partial charge is 0.381 e. The maximum atomic E-state index is 3.44. The Bertz CT molecular complexity index is 459. The summed E-state index contributed by atoms with van der Waals surface area (Å²) in [6.45, 7) is 3.03. The standard InChI is InChI=1S/C15H16BrN/c1-2-12-5-9-15(10-6-12)17-11-13-3-7-14(16)8-4-13/h3-10,17H,2,11H2,1H3. The molecule has 2 aromatic carbocycles. The first-order valence-electron chi connectivity index (χ1n) is 5.85. The Morgan fingerprint density at radius 1 is 0.882 bits per heavy atom. The first-order valence-corrected chi connectivity index (χ1v) is 6.64. The summed E-state index contributed by atoms with van der Waals surface area (Å²) in [5.41, 5.74) is 3.83. The highest BCUT2D eigenvalue weighted by atomic mass is 79.9. The van der Waals surface area contributed by atoms with E-state index < -0.39 is 0 Å². The Kier molecular flexibility index (Phi) is 4.21. The zero-order valence-corrected chi connectivity index (χ0v) is 11.5. The van der Waals surface area contributed by atoms with Crippen LogP contribution in [0, 0.1) is 0 Å². The van der Waals surface area contributed by atoms with Crippen molar-refractivity contribution in [3.05, 3.63) is 64.1 Å². The molecule has 0 aromatic heterocycles. The lowest BCUT2D eigenvalue weighted by Gasteiger charge is -2.07. The van der Waals surface area contributed by atoms with Gasteiger partial charge in [-0.15, -0.1) is 0 Å². The lowest BCUT2D eigenvalue weighted by molar-refractivity contribution is 1.12. The van der Waals surface area contributed by atoms with Crippen LogP contribution < -0.4 is 5.32 Å². The SMILES string of the molecule is CCc1ccc(NCc2ccc(Br)cc2)cc1. The van der Waals surface area contributed by atoms with E-state index in [0.717, 1.165) is 17.4 Å². The maximum absolute atomic E-state index is 3.44. The second-order valence-electron chi connectivity index (χ2n) is 4.03. The topological polar surface area (TPSA) is 12.0 Å². The van der Waals surface area contributed by atoms with Gasteiger partial charge in [0.2, 0.25) is 0 Å². The molecule has 0 aliphatic rings. The van der Waals surface area contributed by atoms with Gasteiger partial charge in [0.15, 0.2) is 0 Å². The summed E-state index contributed by atoms with van der Waals surface area (Å²) in [7, 11) is 0. The van der Waals surface area contributed by atoms with Crippen molar-refractivity contribution in [2.45, 2.75) is 19.9 Å². The molecule has 0 unspecified atom stereocenters. The van der Waals surface area contributed by atoms with Crippen LogP contribution in [0.25, 0.3) is 0 Å². The van der Waals surface area contributed by atoms with Crippen molar-refractivity contribution in [2.24, 2.45) is 0 Å². The van der Waals surface area contributed by atoms with Crippen molar-refractivity contribution in [1.29, 1.82) is 0 Å². The average molecular weight is 290 g/mol. The second kappa shape index (κ2) is 5.87. The monoisotopic (exact) mass is 289 g/mol. The Morgan fingerprint density at radius 2 is 1.47 bits per heavy atom. The molecule has 0 aliphatic carbocycles. The van der Waals surface area contributed by atoms with Gasteiger partial charge in [-0.2, -0.15) is 0 Å². The first kappa shape index (κ1) is 12.2. The number of halogens is 1. The van der Waals surface area contributed by atoms with Crippen molar-refractivity contribution >= 4 is 21.6 Å². The fraction of sp³-hybridized carbons (Fsp3) is 0.200. The molecule has 0 fully saturated rings. The number of anilines is 1. The molecule has 0 bridgehead atoms. The van der Waals surface area contributed by atoms with Crippen LogP contribution in [0.2, 0.25) is 0 Å². The molecule has 2 aromatic rings. The Labute approximate surface area is 111 Å². The van der Waals surface area contributed by atoms with Crippen LogP contribution in [0.1, 0.15) is 18.1 Å². The zero-order chi connectivity index (χ0) is 12.1. The molecule has 88 valence electrons. The van der Waals surface area contributed by atoms with E-state index in [2.05, 4.69) is 76.7 Å². The van der Waals surface area contributed by atoms with Crippen LogP contribution in [-0.2, 0) is 13.0 Å². The summed E-state index contributed by atoms with van der Waals surface area (Å²) in [5.74, 6) is 0. The van der Waals surface area contributed by atoms with Gasteiger partial charge in [0.1, 0.15) is 0 Å². The van der Waals surface area contributed by atoms with Gasteiger partial charge in [-0.05, 0) is 41.8 Å². The predicted molar refractivity (Wildman–Crippen MR) is 77.3 cm³/mol. The van der Waals surface area contributed by atoms with Gasteiger partial charge in [0.25, 0.3) is 0 Å². The highest BCUT2D eigenvalue weighted by molar-refractivity contribution is 9.10. The van der Waals surface area contributed by atoms with Crippen molar-refractivity contribution in [3.8, 4) is 0 Å². The normalized spacial score (nSPS) is 10.2. The Morgan fingerprint density at radius 3 is 2.06 bits per heavy atom. The lowest BCUT2D eigenvalue weighted by atomic mass is 10.1. The minimum Gasteiger partial charge on any atom is -0.381 e. The van der Waals surface area contributed by atoms with Gasteiger partial charge < -0.3 is 5.32 Å². The van der Waals surface area contributed by atoms with Gasteiger partial charge in [-0.3, -0.25) is 0 Å². The lowest BCUT2D eigenvalue weighted by Crippen LogP contribution is -1.99. The second-order valence-corrected chi connectivity index (χ2v) is 4.95. The molecule has 0 heterocycles. The molecule has 0 atom stereocenters. The van der Waals surface area contributed by atoms with Crippen molar-refractivity contribution < 1.29 is 0 Å². The van der Waals surface area contributed by atoms with Crippen molar-refractivity contribution in [2.75, 3.05) is 5.32 Å². The van der Waals surface area contributed by atoms with Crippen LogP contribution in [-0.4, -0.2) is 0 Å². The fourth-order valence-corrected chi connectivity index (χ4v) is 1.93. The minimum atomic E-state index is 0.860. The Hall–Kier alpha value is -1.28. The summed E-state index contributed by atoms with van der Waals surface area (Å²) in [6.07, 6.45) is 1.09. The van der Waals surface area contributed by atoms with E-state index in [4.69, 9.17) is 0 Å².